The molecule has 0 aromatic heterocycles. The molecule has 0 amide bonds. The Labute approximate surface area is 62.2 Å². The van der Waals surface area contributed by atoms with Crippen LogP contribution in [0.1, 0.15) is 18.1 Å². The van der Waals surface area contributed by atoms with Gasteiger partial charge in [-0.05, 0) is 17.5 Å². The van der Waals surface area contributed by atoms with Crippen molar-refractivity contribution in [1.29, 1.82) is 0 Å². The molecule has 1 aromatic rings. The second-order valence-corrected chi connectivity index (χ2v) is 2.26. The van der Waals surface area contributed by atoms with E-state index in [4.69, 9.17) is 6.58 Å². The Bertz CT molecular complexity index is 206. The fourth-order valence-corrected chi connectivity index (χ4v) is 0.864. The summed E-state index contributed by atoms with van der Waals surface area (Å²) in [5.74, 6) is 0. The molecule has 0 heteroatoms. The smallest absolute Gasteiger partial charge is 0.0256 e. The standard InChI is InChI=1S/C10H11/c1-3-9-5-7-10(4-2)8-6-9/h1,3,5-8H,4H2,2H3. The third kappa shape index (κ3) is 1.47. The van der Waals surface area contributed by atoms with Gasteiger partial charge in [-0.1, -0.05) is 43.8 Å². The van der Waals surface area contributed by atoms with Gasteiger partial charge in [-0.25, -0.2) is 0 Å². The zero-order chi connectivity index (χ0) is 7.40. The first-order chi connectivity index (χ1) is 4.86. The summed E-state index contributed by atoms with van der Waals surface area (Å²) in [6.45, 7) is 7.46. The van der Waals surface area contributed by atoms with Crippen molar-refractivity contribution in [2.24, 2.45) is 0 Å². The molecular formula is C10H11. The van der Waals surface area contributed by atoms with Gasteiger partial charge < -0.3 is 0 Å². The maximum absolute atomic E-state index is 5.32. The highest BCUT2D eigenvalue weighted by molar-refractivity contribution is 5.45. The second-order valence-electron chi connectivity index (χ2n) is 2.26. The number of aryl methyl sites for hydroxylation is 1. The van der Waals surface area contributed by atoms with Gasteiger partial charge in [0.1, 0.15) is 0 Å². The fraction of sp³-hybridized carbons (Fsp3) is 0.200. The van der Waals surface area contributed by atoms with Crippen LogP contribution in [-0.4, -0.2) is 0 Å². The van der Waals surface area contributed by atoms with Crippen LogP contribution in [0.4, 0.5) is 0 Å². The van der Waals surface area contributed by atoms with Gasteiger partial charge in [0.25, 0.3) is 0 Å². The van der Waals surface area contributed by atoms with E-state index < -0.39 is 0 Å². The molecule has 1 rings (SSSR count). The average Bonchev–Trinajstić information content (AvgIpc) is 2.05. The Morgan fingerprint density at radius 1 is 1.30 bits per heavy atom. The highest BCUT2D eigenvalue weighted by atomic mass is 13.9. The first-order valence-electron chi connectivity index (χ1n) is 3.50. The van der Waals surface area contributed by atoms with Crippen molar-refractivity contribution in [1.82, 2.24) is 0 Å². The Balaban J connectivity index is 2.90. The molecule has 0 heterocycles. The summed E-state index contributed by atoms with van der Waals surface area (Å²) in [7, 11) is 0. The fourth-order valence-electron chi connectivity index (χ4n) is 0.864. The highest BCUT2D eigenvalue weighted by Gasteiger charge is 1.86. The van der Waals surface area contributed by atoms with E-state index in [1.165, 1.54) is 5.56 Å². The number of benzene rings is 1. The summed E-state index contributed by atoms with van der Waals surface area (Å²) in [6, 6.07) is 8.25. The van der Waals surface area contributed by atoms with Crippen LogP contribution < -0.4 is 0 Å². The van der Waals surface area contributed by atoms with E-state index in [1.54, 1.807) is 6.08 Å². The summed E-state index contributed by atoms with van der Waals surface area (Å²) in [6.07, 6.45) is 2.70. The van der Waals surface area contributed by atoms with Crippen molar-refractivity contribution in [3.8, 4) is 0 Å². The normalized spacial score (nSPS) is 9.30. The molecule has 0 atom stereocenters. The first kappa shape index (κ1) is 7.07. The molecule has 0 bridgehead atoms. The lowest BCUT2D eigenvalue weighted by Gasteiger charge is -1.95. The first-order valence-corrected chi connectivity index (χ1v) is 3.50. The maximum Gasteiger partial charge on any atom is -0.0256 e. The Morgan fingerprint density at radius 2 is 1.90 bits per heavy atom. The van der Waals surface area contributed by atoms with Gasteiger partial charge in [0, 0.05) is 0 Å². The van der Waals surface area contributed by atoms with E-state index in [0.717, 1.165) is 12.0 Å². The van der Waals surface area contributed by atoms with Gasteiger partial charge >= 0.3 is 0 Å². The number of rotatable bonds is 2. The molecule has 1 radical (unpaired) electrons. The summed E-state index contributed by atoms with van der Waals surface area (Å²) >= 11 is 0. The third-order valence-electron chi connectivity index (χ3n) is 1.58. The van der Waals surface area contributed by atoms with Crippen LogP contribution in [0.15, 0.2) is 24.3 Å². The van der Waals surface area contributed by atoms with Crippen molar-refractivity contribution < 1.29 is 0 Å². The Kier molecular flexibility index (Phi) is 2.27. The topological polar surface area (TPSA) is 0 Å². The minimum atomic E-state index is 1.08. The maximum atomic E-state index is 5.32. The molecule has 51 valence electrons. The molecule has 0 aliphatic rings. The van der Waals surface area contributed by atoms with E-state index in [-0.39, 0.29) is 0 Å². The zero-order valence-electron chi connectivity index (χ0n) is 6.17. The summed E-state index contributed by atoms with van der Waals surface area (Å²) in [4.78, 5) is 0. The molecule has 0 saturated carbocycles. The highest BCUT2D eigenvalue weighted by Crippen LogP contribution is 2.04. The predicted molar refractivity (Wildman–Crippen MR) is 44.6 cm³/mol. The predicted octanol–water partition coefficient (Wildman–Crippen LogP) is 2.70. The van der Waals surface area contributed by atoms with Gasteiger partial charge in [-0.2, -0.15) is 0 Å². The SMILES string of the molecule is [CH]=Cc1ccc(CC)cc1. The lowest BCUT2D eigenvalue weighted by molar-refractivity contribution is 1.14. The minimum Gasteiger partial charge on any atom is -0.0617 e. The van der Waals surface area contributed by atoms with Crippen molar-refractivity contribution in [2.75, 3.05) is 0 Å². The molecule has 0 aliphatic heterocycles. The van der Waals surface area contributed by atoms with E-state index in [1.807, 2.05) is 12.1 Å². The molecule has 0 spiro atoms. The molecule has 0 saturated heterocycles. The molecule has 0 unspecified atom stereocenters. The van der Waals surface area contributed by atoms with Gasteiger partial charge in [0.05, 0.1) is 0 Å². The van der Waals surface area contributed by atoms with Crippen molar-refractivity contribution in [3.05, 3.63) is 42.0 Å². The van der Waals surface area contributed by atoms with Crippen LogP contribution >= 0.6 is 0 Å². The monoisotopic (exact) mass is 131 g/mol. The van der Waals surface area contributed by atoms with Crippen LogP contribution in [0.25, 0.3) is 6.08 Å². The Hall–Kier alpha value is -1.04. The van der Waals surface area contributed by atoms with E-state index in [2.05, 4.69) is 19.1 Å². The van der Waals surface area contributed by atoms with E-state index in [9.17, 15) is 0 Å². The summed E-state index contributed by atoms with van der Waals surface area (Å²) < 4.78 is 0. The van der Waals surface area contributed by atoms with Crippen molar-refractivity contribution in [3.63, 3.8) is 0 Å². The van der Waals surface area contributed by atoms with Crippen LogP contribution in [0.2, 0.25) is 0 Å². The van der Waals surface area contributed by atoms with Crippen LogP contribution in [0, 0.1) is 6.58 Å². The number of hydrogen-bond acceptors (Lipinski definition) is 0. The lowest BCUT2D eigenvalue weighted by atomic mass is 10.1. The summed E-state index contributed by atoms with van der Waals surface area (Å²) in [5, 5.41) is 0. The molecule has 0 nitrogen and oxygen atoms in total. The third-order valence-corrected chi connectivity index (χ3v) is 1.58. The number of hydrogen-bond donors (Lipinski definition) is 0. The van der Waals surface area contributed by atoms with E-state index in [0.29, 0.717) is 0 Å². The largest absolute Gasteiger partial charge is 0.0617 e. The average molecular weight is 131 g/mol. The minimum absolute atomic E-state index is 1.08. The molecule has 10 heavy (non-hydrogen) atoms. The van der Waals surface area contributed by atoms with Gasteiger partial charge in [-0.15, -0.1) is 0 Å². The molecule has 1 aromatic carbocycles. The second kappa shape index (κ2) is 3.21. The van der Waals surface area contributed by atoms with Crippen LogP contribution in [-0.2, 0) is 6.42 Å². The molecule has 0 aliphatic carbocycles. The summed E-state index contributed by atoms with van der Waals surface area (Å²) in [5.41, 5.74) is 2.43. The molecule has 0 fully saturated rings. The lowest BCUT2D eigenvalue weighted by Crippen LogP contribution is -1.78. The van der Waals surface area contributed by atoms with Crippen molar-refractivity contribution in [2.45, 2.75) is 13.3 Å². The van der Waals surface area contributed by atoms with Crippen LogP contribution in [0.5, 0.6) is 0 Å². The molecule has 0 N–H and O–H groups in total. The quantitative estimate of drug-likeness (QED) is 0.579. The zero-order valence-corrected chi connectivity index (χ0v) is 6.17. The Morgan fingerprint density at radius 3 is 2.30 bits per heavy atom. The van der Waals surface area contributed by atoms with Gasteiger partial charge in [-0.3, -0.25) is 0 Å². The van der Waals surface area contributed by atoms with Gasteiger partial charge in [0.15, 0.2) is 0 Å². The molecular weight excluding hydrogens is 120 g/mol. The van der Waals surface area contributed by atoms with Crippen molar-refractivity contribution >= 4 is 6.08 Å². The van der Waals surface area contributed by atoms with Gasteiger partial charge in [0.2, 0.25) is 0 Å². The van der Waals surface area contributed by atoms with Crippen LogP contribution in [0.3, 0.4) is 0 Å². The van der Waals surface area contributed by atoms with E-state index >= 15 is 0 Å².